The summed E-state index contributed by atoms with van der Waals surface area (Å²) in [6.45, 7) is 1.58. The SMILES string of the molecule is Cc1cc(NC(=O)C(N)CC(N)=O)ccc1F. The summed E-state index contributed by atoms with van der Waals surface area (Å²) >= 11 is 0. The van der Waals surface area contributed by atoms with Gasteiger partial charge in [-0.2, -0.15) is 0 Å². The molecular weight excluding hydrogens is 225 g/mol. The van der Waals surface area contributed by atoms with E-state index < -0.39 is 17.9 Å². The van der Waals surface area contributed by atoms with Crippen molar-refractivity contribution in [2.75, 3.05) is 5.32 Å². The highest BCUT2D eigenvalue weighted by molar-refractivity contribution is 5.97. The Morgan fingerprint density at radius 2 is 2.12 bits per heavy atom. The minimum atomic E-state index is -1.00. The van der Waals surface area contributed by atoms with Crippen LogP contribution in [0.15, 0.2) is 18.2 Å². The fraction of sp³-hybridized carbons (Fsp3) is 0.273. The number of hydrogen-bond donors (Lipinski definition) is 3. The van der Waals surface area contributed by atoms with Gasteiger partial charge in [0.1, 0.15) is 5.82 Å². The number of primary amides is 1. The quantitative estimate of drug-likeness (QED) is 0.703. The number of rotatable bonds is 4. The number of nitrogens with one attached hydrogen (secondary N) is 1. The van der Waals surface area contributed by atoms with Crippen LogP contribution in [0.2, 0.25) is 0 Å². The van der Waals surface area contributed by atoms with E-state index in [9.17, 15) is 14.0 Å². The second kappa shape index (κ2) is 5.40. The summed E-state index contributed by atoms with van der Waals surface area (Å²) in [4.78, 5) is 22.1. The summed E-state index contributed by atoms with van der Waals surface area (Å²) < 4.78 is 13.0. The number of halogens is 1. The largest absolute Gasteiger partial charge is 0.370 e. The van der Waals surface area contributed by atoms with Crippen LogP contribution in [0.5, 0.6) is 0 Å². The maximum atomic E-state index is 13.0. The van der Waals surface area contributed by atoms with E-state index >= 15 is 0 Å². The zero-order valence-electron chi connectivity index (χ0n) is 9.37. The lowest BCUT2D eigenvalue weighted by Gasteiger charge is -2.11. The van der Waals surface area contributed by atoms with E-state index in [0.29, 0.717) is 11.3 Å². The van der Waals surface area contributed by atoms with Crippen molar-refractivity contribution >= 4 is 17.5 Å². The lowest BCUT2D eigenvalue weighted by molar-refractivity contribution is -0.123. The third kappa shape index (κ3) is 3.84. The molecule has 0 aromatic heterocycles. The van der Waals surface area contributed by atoms with E-state index in [1.165, 1.54) is 18.2 Å². The number of benzene rings is 1. The molecule has 5 nitrogen and oxygen atoms in total. The van der Waals surface area contributed by atoms with Crippen molar-refractivity contribution in [1.29, 1.82) is 0 Å². The Morgan fingerprint density at radius 1 is 1.47 bits per heavy atom. The number of nitrogens with two attached hydrogens (primary N) is 2. The molecule has 2 amide bonds. The first-order valence-corrected chi connectivity index (χ1v) is 5.01. The first kappa shape index (κ1) is 13.1. The van der Waals surface area contributed by atoms with Crippen LogP contribution in [0.1, 0.15) is 12.0 Å². The van der Waals surface area contributed by atoms with Gasteiger partial charge in [0.25, 0.3) is 0 Å². The molecule has 1 atom stereocenters. The Bertz CT molecular complexity index is 448. The third-order valence-electron chi connectivity index (χ3n) is 2.18. The second-order valence-corrected chi connectivity index (χ2v) is 3.73. The fourth-order valence-electron chi connectivity index (χ4n) is 1.27. The number of amides is 2. The van der Waals surface area contributed by atoms with Crippen LogP contribution in [0.4, 0.5) is 10.1 Å². The van der Waals surface area contributed by atoms with E-state index in [1.807, 2.05) is 0 Å². The molecule has 1 unspecified atom stereocenters. The molecule has 0 heterocycles. The van der Waals surface area contributed by atoms with Crippen molar-refractivity contribution in [1.82, 2.24) is 0 Å². The average molecular weight is 239 g/mol. The van der Waals surface area contributed by atoms with Gasteiger partial charge in [0.15, 0.2) is 0 Å². The highest BCUT2D eigenvalue weighted by Crippen LogP contribution is 2.13. The zero-order valence-corrected chi connectivity index (χ0v) is 9.37. The molecule has 0 aliphatic rings. The van der Waals surface area contributed by atoms with Crippen LogP contribution in [0, 0.1) is 12.7 Å². The highest BCUT2D eigenvalue weighted by atomic mass is 19.1. The van der Waals surface area contributed by atoms with Crippen LogP contribution in [0.3, 0.4) is 0 Å². The van der Waals surface area contributed by atoms with E-state index in [-0.39, 0.29) is 12.2 Å². The van der Waals surface area contributed by atoms with Gasteiger partial charge in [0.05, 0.1) is 12.5 Å². The fourth-order valence-corrected chi connectivity index (χ4v) is 1.27. The summed E-state index contributed by atoms with van der Waals surface area (Å²) in [5.74, 6) is -1.54. The molecule has 0 radical (unpaired) electrons. The summed E-state index contributed by atoms with van der Waals surface area (Å²) in [6, 6.07) is 3.13. The first-order valence-electron chi connectivity index (χ1n) is 5.01. The molecule has 0 saturated heterocycles. The normalized spacial score (nSPS) is 11.9. The number of hydrogen-bond acceptors (Lipinski definition) is 3. The molecule has 5 N–H and O–H groups in total. The molecular formula is C11H14FN3O2. The minimum Gasteiger partial charge on any atom is -0.370 e. The van der Waals surface area contributed by atoms with Crippen LogP contribution in [-0.2, 0) is 9.59 Å². The monoisotopic (exact) mass is 239 g/mol. The number of carbonyl (C=O) groups excluding carboxylic acids is 2. The molecule has 0 fully saturated rings. The summed E-state index contributed by atoms with van der Waals surface area (Å²) in [6.07, 6.45) is -0.230. The molecule has 1 rings (SSSR count). The van der Waals surface area contributed by atoms with Gasteiger partial charge in [0.2, 0.25) is 11.8 Å². The summed E-state index contributed by atoms with van der Waals surface area (Å²) in [5, 5.41) is 2.48. The first-order chi connectivity index (χ1) is 7.90. The van der Waals surface area contributed by atoms with Crippen molar-refractivity contribution in [3.63, 3.8) is 0 Å². The third-order valence-corrected chi connectivity index (χ3v) is 2.18. The van der Waals surface area contributed by atoms with Crippen LogP contribution in [0.25, 0.3) is 0 Å². The molecule has 0 spiro atoms. The van der Waals surface area contributed by atoms with Gasteiger partial charge in [-0.15, -0.1) is 0 Å². The Labute approximate surface area is 98.0 Å². The van der Waals surface area contributed by atoms with Gasteiger partial charge in [-0.1, -0.05) is 0 Å². The summed E-state index contributed by atoms with van der Waals surface area (Å²) in [5.41, 5.74) is 11.2. The van der Waals surface area contributed by atoms with Crippen molar-refractivity contribution < 1.29 is 14.0 Å². The standard InChI is InChI=1S/C11H14FN3O2/c1-6-4-7(2-3-8(6)12)15-11(17)9(13)5-10(14)16/h2-4,9H,5,13H2,1H3,(H2,14,16)(H,15,17). The highest BCUT2D eigenvalue weighted by Gasteiger charge is 2.16. The Kier molecular flexibility index (Phi) is 4.17. The Morgan fingerprint density at radius 3 is 2.65 bits per heavy atom. The average Bonchev–Trinajstić information content (AvgIpc) is 2.22. The van der Waals surface area contributed by atoms with Crippen LogP contribution < -0.4 is 16.8 Å². The molecule has 17 heavy (non-hydrogen) atoms. The second-order valence-electron chi connectivity index (χ2n) is 3.73. The minimum absolute atomic E-state index is 0.230. The van der Waals surface area contributed by atoms with Gasteiger partial charge in [-0.3, -0.25) is 9.59 Å². The topological polar surface area (TPSA) is 98.2 Å². The Hall–Kier alpha value is -1.95. The number of aryl methyl sites for hydroxylation is 1. The number of carbonyl (C=O) groups is 2. The van der Waals surface area contributed by atoms with Crippen molar-refractivity contribution in [3.05, 3.63) is 29.6 Å². The van der Waals surface area contributed by atoms with Crippen molar-refractivity contribution in [2.24, 2.45) is 11.5 Å². The maximum Gasteiger partial charge on any atom is 0.241 e. The number of anilines is 1. The predicted molar refractivity (Wildman–Crippen MR) is 61.6 cm³/mol. The van der Waals surface area contributed by atoms with Crippen LogP contribution in [-0.4, -0.2) is 17.9 Å². The van der Waals surface area contributed by atoms with E-state index in [4.69, 9.17) is 11.5 Å². The predicted octanol–water partition coefficient (Wildman–Crippen LogP) is 0.275. The molecule has 0 saturated carbocycles. The molecule has 6 heteroatoms. The molecule has 0 bridgehead atoms. The van der Waals surface area contributed by atoms with Gasteiger partial charge < -0.3 is 16.8 Å². The molecule has 0 aliphatic heterocycles. The zero-order chi connectivity index (χ0) is 13.0. The van der Waals surface area contributed by atoms with Crippen LogP contribution >= 0.6 is 0 Å². The lowest BCUT2D eigenvalue weighted by atomic mass is 10.1. The van der Waals surface area contributed by atoms with Crippen molar-refractivity contribution in [2.45, 2.75) is 19.4 Å². The lowest BCUT2D eigenvalue weighted by Crippen LogP contribution is -2.39. The smallest absolute Gasteiger partial charge is 0.241 e. The van der Waals surface area contributed by atoms with E-state index in [1.54, 1.807) is 6.92 Å². The Balaban J connectivity index is 2.67. The molecule has 1 aromatic rings. The molecule has 0 aliphatic carbocycles. The van der Waals surface area contributed by atoms with Crippen molar-refractivity contribution in [3.8, 4) is 0 Å². The van der Waals surface area contributed by atoms with Gasteiger partial charge in [0, 0.05) is 5.69 Å². The van der Waals surface area contributed by atoms with Gasteiger partial charge in [-0.05, 0) is 30.7 Å². The van der Waals surface area contributed by atoms with E-state index in [0.717, 1.165) is 0 Å². The van der Waals surface area contributed by atoms with Gasteiger partial charge in [-0.25, -0.2) is 4.39 Å². The molecule has 92 valence electrons. The summed E-state index contributed by atoms with van der Waals surface area (Å²) in [7, 11) is 0. The van der Waals surface area contributed by atoms with Gasteiger partial charge >= 0.3 is 0 Å². The maximum absolute atomic E-state index is 13.0. The molecule has 1 aromatic carbocycles. The van der Waals surface area contributed by atoms with E-state index in [2.05, 4.69) is 5.32 Å².